The SMILES string of the molecule is Cc1cc(OCCC(C)(C)O)ncc1-c1cccc(COc2ccc(B3OCC(C)(C)CO3)cc2)c1C. The van der Waals surface area contributed by atoms with E-state index >= 15 is 0 Å². The molecule has 0 saturated carbocycles. The van der Waals surface area contributed by atoms with Crippen molar-refractivity contribution >= 4 is 12.6 Å². The molecule has 2 aromatic carbocycles. The summed E-state index contributed by atoms with van der Waals surface area (Å²) >= 11 is 0. The average molecular weight is 503 g/mol. The molecule has 6 nitrogen and oxygen atoms in total. The Hall–Kier alpha value is -2.87. The molecule has 0 radical (unpaired) electrons. The fourth-order valence-electron chi connectivity index (χ4n) is 4.20. The highest BCUT2D eigenvalue weighted by Gasteiger charge is 2.33. The minimum atomic E-state index is -0.758. The lowest BCUT2D eigenvalue weighted by atomic mass is 9.76. The summed E-state index contributed by atoms with van der Waals surface area (Å²) in [5.74, 6) is 1.37. The number of aryl methyl sites for hydroxylation is 1. The predicted octanol–water partition coefficient (Wildman–Crippen LogP) is 5.25. The maximum Gasteiger partial charge on any atom is 0.493 e. The number of rotatable bonds is 9. The molecule has 37 heavy (non-hydrogen) atoms. The van der Waals surface area contributed by atoms with Crippen molar-refractivity contribution in [1.29, 1.82) is 0 Å². The maximum absolute atomic E-state index is 9.88. The molecule has 1 aliphatic heterocycles. The molecule has 0 unspecified atom stereocenters. The van der Waals surface area contributed by atoms with Gasteiger partial charge in [-0.15, -0.1) is 0 Å². The Bertz CT molecular complexity index is 1190. The van der Waals surface area contributed by atoms with Crippen LogP contribution in [0, 0.1) is 19.3 Å². The molecule has 3 aromatic rings. The summed E-state index contributed by atoms with van der Waals surface area (Å²) in [6.07, 6.45) is 2.40. The van der Waals surface area contributed by atoms with E-state index < -0.39 is 5.60 Å². The molecule has 0 amide bonds. The van der Waals surface area contributed by atoms with Crippen molar-refractivity contribution in [2.75, 3.05) is 19.8 Å². The van der Waals surface area contributed by atoms with Crippen LogP contribution in [0.15, 0.2) is 54.7 Å². The minimum Gasteiger partial charge on any atom is -0.489 e. The van der Waals surface area contributed by atoms with E-state index in [1.165, 1.54) is 0 Å². The second kappa shape index (κ2) is 11.3. The molecular formula is C30H38BNO5. The third kappa shape index (κ3) is 7.34. The highest BCUT2D eigenvalue weighted by atomic mass is 16.6. The monoisotopic (exact) mass is 503 g/mol. The van der Waals surface area contributed by atoms with Crippen molar-refractivity contribution in [2.45, 2.75) is 60.2 Å². The van der Waals surface area contributed by atoms with Crippen molar-refractivity contribution in [3.63, 3.8) is 0 Å². The van der Waals surface area contributed by atoms with Gasteiger partial charge in [0.05, 0.1) is 12.2 Å². The molecule has 4 rings (SSSR count). The van der Waals surface area contributed by atoms with Gasteiger partial charge < -0.3 is 23.9 Å². The van der Waals surface area contributed by atoms with Crippen molar-refractivity contribution in [3.05, 3.63) is 71.4 Å². The normalized spacial score (nSPS) is 15.5. The zero-order valence-corrected chi connectivity index (χ0v) is 22.8. The lowest BCUT2D eigenvalue weighted by Crippen LogP contribution is -2.47. The number of hydrogen-bond donors (Lipinski definition) is 1. The first-order chi connectivity index (χ1) is 17.5. The van der Waals surface area contributed by atoms with Crippen LogP contribution >= 0.6 is 0 Å². The Labute approximate surface area is 221 Å². The molecule has 196 valence electrons. The molecule has 7 heteroatoms. The first kappa shape index (κ1) is 27.2. The predicted molar refractivity (Wildman–Crippen MR) is 147 cm³/mol. The van der Waals surface area contributed by atoms with Crippen LogP contribution in [0.5, 0.6) is 11.6 Å². The fourth-order valence-corrected chi connectivity index (χ4v) is 4.20. The van der Waals surface area contributed by atoms with E-state index in [9.17, 15) is 5.11 Å². The van der Waals surface area contributed by atoms with E-state index in [1.54, 1.807) is 13.8 Å². The molecule has 0 spiro atoms. The van der Waals surface area contributed by atoms with Gasteiger partial charge in [-0.05, 0) is 67.5 Å². The van der Waals surface area contributed by atoms with Crippen LogP contribution in [0.2, 0.25) is 0 Å². The summed E-state index contributed by atoms with van der Waals surface area (Å²) in [5, 5.41) is 9.88. The van der Waals surface area contributed by atoms with E-state index in [1.807, 2.05) is 36.5 Å². The molecule has 1 aliphatic rings. The Balaban J connectivity index is 1.39. The topological polar surface area (TPSA) is 70.0 Å². The Morgan fingerprint density at radius 3 is 2.35 bits per heavy atom. The van der Waals surface area contributed by atoms with E-state index in [2.05, 4.69) is 50.9 Å². The van der Waals surface area contributed by atoms with Crippen molar-refractivity contribution in [2.24, 2.45) is 5.41 Å². The molecule has 0 atom stereocenters. The molecule has 1 fully saturated rings. The lowest BCUT2D eigenvalue weighted by Gasteiger charge is -2.33. The van der Waals surface area contributed by atoms with Gasteiger partial charge in [-0.3, -0.25) is 0 Å². The molecule has 1 saturated heterocycles. The van der Waals surface area contributed by atoms with Crippen molar-refractivity contribution < 1.29 is 23.9 Å². The van der Waals surface area contributed by atoms with Gasteiger partial charge in [0.2, 0.25) is 5.88 Å². The second-order valence-electron chi connectivity index (χ2n) is 11.3. The van der Waals surface area contributed by atoms with E-state index in [-0.39, 0.29) is 12.5 Å². The third-order valence-electron chi connectivity index (χ3n) is 6.58. The Morgan fingerprint density at radius 1 is 1.00 bits per heavy atom. The molecule has 1 aromatic heterocycles. The Kier molecular flexibility index (Phi) is 8.27. The van der Waals surface area contributed by atoms with Crippen LogP contribution in [-0.4, -0.2) is 42.6 Å². The van der Waals surface area contributed by atoms with Gasteiger partial charge >= 0.3 is 7.12 Å². The summed E-state index contributed by atoms with van der Waals surface area (Å²) in [6, 6.07) is 16.1. The largest absolute Gasteiger partial charge is 0.493 e. The fraction of sp³-hybridized carbons (Fsp3) is 0.433. The summed E-state index contributed by atoms with van der Waals surface area (Å²) in [6.45, 7) is 14.2. The number of ether oxygens (including phenoxy) is 2. The number of benzene rings is 2. The van der Waals surface area contributed by atoms with Crippen LogP contribution < -0.4 is 14.9 Å². The maximum atomic E-state index is 9.88. The van der Waals surface area contributed by atoms with Crippen LogP contribution in [0.4, 0.5) is 0 Å². The zero-order valence-electron chi connectivity index (χ0n) is 22.8. The van der Waals surface area contributed by atoms with Crippen LogP contribution in [0.3, 0.4) is 0 Å². The average Bonchev–Trinajstić information content (AvgIpc) is 2.84. The van der Waals surface area contributed by atoms with Gasteiger partial charge in [0.1, 0.15) is 12.4 Å². The van der Waals surface area contributed by atoms with Crippen molar-refractivity contribution in [1.82, 2.24) is 4.98 Å². The number of pyridine rings is 1. The first-order valence-electron chi connectivity index (χ1n) is 12.9. The molecule has 0 bridgehead atoms. The minimum absolute atomic E-state index is 0.0497. The van der Waals surface area contributed by atoms with Gasteiger partial charge in [-0.2, -0.15) is 0 Å². The van der Waals surface area contributed by atoms with Gasteiger partial charge in [0, 0.05) is 42.9 Å². The summed E-state index contributed by atoms with van der Waals surface area (Å²) in [5.41, 5.74) is 5.84. The Morgan fingerprint density at radius 2 is 1.70 bits per heavy atom. The van der Waals surface area contributed by atoms with E-state index in [4.69, 9.17) is 18.8 Å². The van der Waals surface area contributed by atoms with Gasteiger partial charge in [-0.25, -0.2) is 4.98 Å². The summed E-state index contributed by atoms with van der Waals surface area (Å²) in [7, 11) is -0.323. The summed E-state index contributed by atoms with van der Waals surface area (Å²) < 4.78 is 23.6. The summed E-state index contributed by atoms with van der Waals surface area (Å²) in [4.78, 5) is 4.50. The van der Waals surface area contributed by atoms with Crippen LogP contribution in [-0.2, 0) is 15.9 Å². The van der Waals surface area contributed by atoms with Gasteiger partial charge in [0.25, 0.3) is 0 Å². The number of aromatic nitrogens is 1. The van der Waals surface area contributed by atoms with Crippen LogP contribution in [0.1, 0.15) is 50.8 Å². The second-order valence-corrected chi connectivity index (χ2v) is 11.3. The van der Waals surface area contributed by atoms with Gasteiger partial charge in [0.15, 0.2) is 0 Å². The standard InChI is InChI=1S/C30H38BNO5/c1-21-16-28(34-15-14-30(5,6)33)32-17-27(21)26-9-7-8-23(22(26)2)18-35-25-12-10-24(11-13-25)31-36-19-29(3,4)20-37-31/h7-13,16-17,33H,14-15,18-20H2,1-6H3. The number of hydrogen-bond acceptors (Lipinski definition) is 6. The number of aliphatic hydroxyl groups is 1. The quantitative estimate of drug-likeness (QED) is 0.402. The molecular weight excluding hydrogens is 465 g/mol. The molecule has 0 aliphatic carbocycles. The molecule has 1 N–H and O–H groups in total. The smallest absolute Gasteiger partial charge is 0.489 e. The number of nitrogens with zero attached hydrogens (tertiary/aromatic N) is 1. The molecule has 2 heterocycles. The van der Waals surface area contributed by atoms with E-state index in [0.717, 1.165) is 39.0 Å². The lowest BCUT2D eigenvalue weighted by molar-refractivity contribution is 0.0343. The first-order valence-corrected chi connectivity index (χ1v) is 12.9. The zero-order chi connectivity index (χ0) is 26.6. The van der Waals surface area contributed by atoms with E-state index in [0.29, 0.717) is 38.7 Å². The van der Waals surface area contributed by atoms with Crippen molar-refractivity contribution in [3.8, 4) is 22.8 Å². The third-order valence-corrected chi connectivity index (χ3v) is 6.58. The highest BCUT2D eigenvalue weighted by Crippen LogP contribution is 2.30. The van der Waals surface area contributed by atoms with Gasteiger partial charge in [-0.1, -0.05) is 44.2 Å². The highest BCUT2D eigenvalue weighted by molar-refractivity contribution is 6.61. The van der Waals surface area contributed by atoms with Crippen LogP contribution in [0.25, 0.3) is 11.1 Å².